The SMILES string of the molecule is C#CCC(C)NC(CC)c1ccc(CC)cc1. The monoisotopic (exact) mass is 229 g/mol. The molecule has 0 spiro atoms. The van der Waals surface area contributed by atoms with Crippen LogP contribution in [0.25, 0.3) is 0 Å². The minimum atomic E-state index is 0.371. The highest BCUT2D eigenvalue weighted by molar-refractivity contribution is 5.25. The van der Waals surface area contributed by atoms with Crippen LogP contribution in [0.1, 0.15) is 50.8 Å². The van der Waals surface area contributed by atoms with E-state index in [4.69, 9.17) is 6.42 Å². The highest BCUT2D eigenvalue weighted by atomic mass is 14.9. The van der Waals surface area contributed by atoms with Gasteiger partial charge in [-0.25, -0.2) is 0 Å². The topological polar surface area (TPSA) is 12.0 Å². The van der Waals surface area contributed by atoms with E-state index in [9.17, 15) is 0 Å². The molecular weight excluding hydrogens is 206 g/mol. The first-order valence-corrected chi connectivity index (χ1v) is 6.49. The van der Waals surface area contributed by atoms with Gasteiger partial charge in [0.25, 0.3) is 0 Å². The number of nitrogens with one attached hydrogen (secondary N) is 1. The van der Waals surface area contributed by atoms with Crippen molar-refractivity contribution in [3.8, 4) is 12.3 Å². The van der Waals surface area contributed by atoms with E-state index in [1.807, 2.05) is 0 Å². The van der Waals surface area contributed by atoms with E-state index in [0.29, 0.717) is 12.1 Å². The van der Waals surface area contributed by atoms with Gasteiger partial charge in [-0.2, -0.15) is 0 Å². The second-order valence-electron chi connectivity index (χ2n) is 4.53. The Hall–Kier alpha value is -1.26. The average Bonchev–Trinajstić information content (AvgIpc) is 2.36. The van der Waals surface area contributed by atoms with Gasteiger partial charge in [0, 0.05) is 18.5 Å². The average molecular weight is 229 g/mol. The van der Waals surface area contributed by atoms with E-state index >= 15 is 0 Å². The molecule has 92 valence electrons. The van der Waals surface area contributed by atoms with Crippen molar-refractivity contribution in [1.29, 1.82) is 0 Å². The fourth-order valence-electron chi connectivity index (χ4n) is 2.01. The predicted octanol–water partition coefficient (Wildman–Crippen LogP) is 3.70. The molecule has 1 aromatic carbocycles. The van der Waals surface area contributed by atoms with Crippen LogP contribution in [0.3, 0.4) is 0 Å². The quantitative estimate of drug-likeness (QED) is 0.733. The molecule has 2 unspecified atom stereocenters. The lowest BCUT2D eigenvalue weighted by Gasteiger charge is -2.21. The number of rotatable bonds is 6. The summed E-state index contributed by atoms with van der Waals surface area (Å²) in [5.41, 5.74) is 2.74. The molecule has 1 heteroatoms. The molecule has 1 N–H and O–H groups in total. The summed E-state index contributed by atoms with van der Waals surface area (Å²) in [4.78, 5) is 0. The molecule has 0 saturated carbocycles. The third-order valence-electron chi connectivity index (χ3n) is 3.11. The summed E-state index contributed by atoms with van der Waals surface area (Å²) < 4.78 is 0. The zero-order valence-corrected chi connectivity index (χ0v) is 11.2. The smallest absolute Gasteiger partial charge is 0.0320 e. The zero-order valence-electron chi connectivity index (χ0n) is 11.2. The second-order valence-corrected chi connectivity index (χ2v) is 4.53. The first-order chi connectivity index (χ1) is 8.21. The summed E-state index contributed by atoms with van der Waals surface area (Å²) in [6.45, 7) is 6.52. The molecule has 0 amide bonds. The number of aryl methyl sites for hydroxylation is 1. The van der Waals surface area contributed by atoms with Crippen molar-refractivity contribution in [3.05, 3.63) is 35.4 Å². The van der Waals surface area contributed by atoms with Crippen LogP contribution in [0.4, 0.5) is 0 Å². The Balaban J connectivity index is 2.69. The minimum absolute atomic E-state index is 0.371. The lowest BCUT2D eigenvalue weighted by molar-refractivity contribution is 0.450. The largest absolute Gasteiger partial charge is 0.307 e. The summed E-state index contributed by atoms with van der Waals surface area (Å²) >= 11 is 0. The third-order valence-corrected chi connectivity index (χ3v) is 3.11. The number of hydrogen-bond donors (Lipinski definition) is 1. The molecule has 0 fully saturated rings. The van der Waals surface area contributed by atoms with Crippen LogP contribution in [0.15, 0.2) is 24.3 Å². The first-order valence-electron chi connectivity index (χ1n) is 6.49. The van der Waals surface area contributed by atoms with Gasteiger partial charge < -0.3 is 5.32 Å². The lowest BCUT2D eigenvalue weighted by Crippen LogP contribution is -2.29. The molecule has 2 atom stereocenters. The van der Waals surface area contributed by atoms with Crippen molar-refractivity contribution >= 4 is 0 Å². The van der Waals surface area contributed by atoms with Crippen molar-refractivity contribution < 1.29 is 0 Å². The number of terminal acetylenes is 1. The Morgan fingerprint density at radius 1 is 1.24 bits per heavy atom. The number of hydrogen-bond acceptors (Lipinski definition) is 1. The summed E-state index contributed by atoms with van der Waals surface area (Å²) in [5, 5.41) is 3.58. The maximum absolute atomic E-state index is 5.33. The van der Waals surface area contributed by atoms with Crippen LogP contribution in [0.5, 0.6) is 0 Å². The van der Waals surface area contributed by atoms with E-state index in [0.717, 1.165) is 19.3 Å². The fourth-order valence-corrected chi connectivity index (χ4v) is 2.01. The molecule has 0 saturated heterocycles. The Kier molecular flexibility index (Phi) is 5.80. The molecule has 0 aliphatic rings. The Bertz CT molecular complexity index is 358. The standard InChI is InChI=1S/C16H23N/c1-5-8-13(4)17-16(7-3)15-11-9-14(6-2)10-12-15/h1,9-13,16-17H,6-8H2,2-4H3. The van der Waals surface area contributed by atoms with E-state index in [1.165, 1.54) is 11.1 Å². The molecule has 1 rings (SSSR count). The van der Waals surface area contributed by atoms with Crippen LogP contribution in [0, 0.1) is 12.3 Å². The van der Waals surface area contributed by atoms with E-state index in [2.05, 4.69) is 56.3 Å². The van der Waals surface area contributed by atoms with Crippen molar-refractivity contribution in [2.45, 2.75) is 52.1 Å². The van der Waals surface area contributed by atoms with Gasteiger partial charge in [0.1, 0.15) is 0 Å². The van der Waals surface area contributed by atoms with Crippen LogP contribution < -0.4 is 5.32 Å². The highest BCUT2D eigenvalue weighted by Gasteiger charge is 2.11. The molecule has 1 nitrogen and oxygen atoms in total. The predicted molar refractivity (Wildman–Crippen MR) is 74.9 cm³/mol. The van der Waals surface area contributed by atoms with Gasteiger partial charge >= 0.3 is 0 Å². The van der Waals surface area contributed by atoms with Crippen molar-refractivity contribution in [1.82, 2.24) is 5.32 Å². The van der Waals surface area contributed by atoms with Gasteiger partial charge in [-0.1, -0.05) is 38.1 Å². The van der Waals surface area contributed by atoms with Crippen molar-refractivity contribution in [2.24, 2.45) is 0 Å². The molecule has 1 aromatic rings. The molecule has 0 aliphatic heterocycles. The molecule has 0 bridgehead atoms. The van der Waals surface area contributed by atoms with Crippen LogP contribution >= 0.6 is 0 Å². The summed E-state index contributed by atoms with van der Waals surface area (Å²) in [7, 11) is 0. The van der Waals surface area contributed by atoms with Crippen molar-refractivity contribution in [2.75, 3.05) is 0 Å². The van der Waals surface area contributed by atoms with Crippen LogP contribution in [0.2, 0.25) is 0 Å². The van der Waals surface area contributed by atoms with Crippen molar-refractivity contribution in [3.63, 3.8) is 0 Å². The lowest BCUT2D eigenvalue weighted by atomic mass is 10.0. The van der Waals surface area contributed by atoms with Crippen LogP contribution in [-0.2, 0) is 6.42 Å². The van der Waals surface area contributed by atoms with Gasteiger partial charge in [0.05, 0.1) is 0 Å². The Morgan fingerprint density at radius 2 is 1.88 bits per heavy atom. The highest BCUT2D eigenvalue weighted by Crippen LogP contribution is 2.18. The second kappa shape index (κ2) is 7.14. The number of benzene rings is 1. The van der Waals surface area contributed by atoms with Gasteiger partial charge in [0.2, 0.25) is 0 Å². The molecule has 0 heterocycles. The molecule has 0 aromatic heterocycles. The molecule has 0 radical (unpaired) electrons. The summed E-state index contributed by atoms with van der Waals surface area (Å²) in [6, 6.07) is 9.66. The zero-order chi connectivity index (χ0) is 12.7. The van der Waals surface area contributed by atoms with Gasteiger partial charge in [0.15, 0.2) is 0 Å². The summed E-state index contributed by atoms with van der Waals surface area (Å²) in [5.74, 6) is 2.70. The van der Waals surface area contributed by atoms with Gasteiger partial charge in [-0.15, -0.1) is 12.3 Å². The van der Waals surface area contributed by atoms with Crippen LogP contribution in [-0.4, -0.2) is 6.04 Å². The first kappa shape index (κ1) is 13.8. The van der Waals surface area contributed by atoms with E-state index in [-0.39, 0.29) is 0 Å². The molecule has 17 heavy (non-hydrogen) atoms. The normalized spacial score (nSPS) is 14.0. The summed E-state index contributed by atoms with van der Waals surface area (Å²) in [6.07, 6.45) is 8.29. The Morgan fingerprint density at radius 3 is 2.35 bits per heavy atom. The fraction of sp³-hybridized carbons (Fsp3) is 0.500. The maximum atomic E-state index is 5.33. The minimum Gasteiger partial charge on any atom is -0.307 e. The van der Waals surface area contributed by atoms with E-state index in [1.54, 1.807) is 0 Å². The van der Waals surface area contributed by atoms with Gasteiger partial charge in [-0.3, -0.25) is 0 Å². The molecule has 0 aliphatic carbocycles. The van der Waals surface area contributed by atoms with Gasteiger partial charge in [-0.05, 0) is 30.9 Å². The molecular formula is C16H23N. The Labute approximate surface area is 106 Å². The maximum Gasteiger partial charge on any atom is 0.0320 e. The van der Waals surface area contributed by atoms with E-state index < -0.39 is 0 Å². The third kappa shape index (κ3) is 4.24.